The van der Waals surface area contributed by atoms with Gasteiger partial charge < -0.3 is 0 Å². The Morgan fingerprint density at radius 3 is 2.29 bits per heavy atom. The predicted molar refractivity (Wildman–Crippen MR) is 47.0 cm³/mol. The number of hydrogen-bond acceptors (Lipinski definition) is 4. The monoisotopic (exact) mass is 183 g/mol. The van der Waals surface area contributed by atoms with Crippen LogP contribution in [0.15, 0.2) is 18.0 Å². The van der Waals surface area contributed by atoms with Crippen LogP contribution >= 0.6 is 0 Å². The van der Waals surface area contributed by atoms with Crippen LogP contribution in [0, 0.1) is 34.0 Å². The molecule has 0 aliphatic rings. The molecule has 0 fully saturated rings. The smallest absolute Gasteiger partial charge is 0.148 e. The number of rotatable bonds is 1. The lowest BCUT2D eigenvalue weighted by atomic mass is 10.1. The van der Waals surface area contributed by atoms with Crippen molar-refractivity contribution in [3.8, 4) is 18.2 Å². The van der Waals surface area contributed by atoms with Gasteiger partial charge in [-0.1, -0.05) is 0 Å². The molecular formula is C9H5N5. The molecule has 1 aromatic heterocycles. The lowest BCUT2D eigenvalue weighted by Crippen LogP contribution is -1.86. The molecule has 0 unspecified atom stereocenters. The van der Waals surface area contributed by atoms with E-state index in [2.05, 4.69) is 5.10 Å². The van der Waals surface area contributed by atoms with Gasteiger partial charge in [0, 0.05) is 18.8 Å². The third-order valence-corrected chi connectivity index (χ3v) is 1.58. The van der Waals surface area contributed by atoms with E-state index in [9.17, 15) is 0 Å². The summed E-state index contributed by atoms with van der Waals surface area (Å²) in [7, 11) is 1.69. The van der Waals surface area contributed by atoms with E-state index in [1.54, 1.807) is 25.4 Å². The Balaban J connectivity index is 3.35. The first kappa shape index (κ1) is 9.51. The number of hydrogen-bond donors (Lipinski definition) is 0. The van der Waals surface area contributed by atoms with Gasteiger partial charge in [0.15, 0.2) is 0 Å². The first-order valence-corrected chi connectivity index (χ1v) is 3.66. The maximum absolute atomic E-state index is 8.77. The Morgan fingerprint density at radius 1 is 1.29 bits per heavy atom. The van der Waals surface area contributed by atoms with Crippen LogP contribution in [0.2, 0.25) is 0 Å². The van der Waals surface area contributed by atoms with Crippen molar-refractivity contribution < 1.29 is 0 Å². The van der Waals surface area contributed by atoms with Crippen molar-refractivity contribution in [1.29, 1.82) is 15.8 Å². The second-order valence-corrected chi connectivity index (χ2v) is 2.49. The van der Waals surface area contributed by atoms with Crippen molar-refractivity contribution >= 4 is 5.57 Å². The molecule has 5 heteroatoms. The van der Waals surface area contributed by atoms with E-state index in [1.165, 1.54) is 10.9 Å². The Hall–Kier alpha value is -2.58. The highest BCUT2D eigenvalue weighted by atomic mass is 15.2. The Kier molecular flexibility index (Phi) is 2.64. The molecule has 1 aromatic rings. The van der Waals surface area contributed by atoms with Crippen molar-refractivity contribution in [1.82, 2.24) is 9.78 Å². The van der Waals surface area contributed by atoms with Crippen molar-refractivity contribution in [2.45, 2.75) is 0 Å². The molecule has 0 saturated heterocycles. The Morgan fingerprint density at radius 2 is 1.93 bits per heavy atom. The van der Waals surface area contributed by atoms with E-state index in [4.69, 9.17) is 15.8 Å². The van der Waals surface area contributed by atoms with Crippen LogP contribution in [0.5, 0.6) is 0 Å². The Labute approximate surface area is 80.7 Å². The molecule has 1 rings (SSSR count). The van der Waals surface area contributed by atoms with Crippen molar-refractivity contribution in [2.24, 2.45) is 7.05 Å². The summed E-state index contributed by atoms with van der Waals surface area (Å²) in [6, 6.07) is 5.15. The van der Waals surface area contributed by atoms with Gasteiger partial charge in [0.2, 0.25) is 0 Å². The summed E-state index contributed by atoms with van der Waals surface area (Å²) < 4.78 is 1.50. The van der Waals surface area contributed by atoms with Crippen LogP contribution in [0.1, 0.15) is 5.56 Å². The van der Waals surface area contributed by atoms with Crippen LogP contribution in [0.4, 0.5) is 0 Å². The molecule has 66 valence electrons. The molecule has 0 saturated carbocycles. The topological polar surface area (TPSA) is 89.2 Å². The third kappa shape index (κ3) is 1.60. The minimum atomic E-state index is -0.194. The van der Waals surface area contributed by atoms with E-state index in [1.807, 2.05) is 6.07 Å². The number of allylic oxidation sites excluding steroid dienone is 2. The first-order chi connectivity index (χ1) is 6.72. The number of aryl methyl sites for hydroxylation is 1. The van der Waals surface area contributed by atoms with Crippen LogP contribution in [0.3, 0.4) is 0 Å². The van der Waals surface area contributed by atoms with Gasteiger partial charge in [-0.2, -0.15) is 20.9 Å². The number of nitriles is 3. The molecule has 5 nitrogen and oxygen atoms in total. The van der Waals surface area contributed by atoms with E-state index in [0.29, 0.717) is 5.56 Å². The van der Waals surface area contributed by atoms with Gasteiger partial charge >= 0.3 is 0 Å². The van der Waals surface area contributed by atoms with E-state index < -0.39 is 0 Å². The summed E-state index contributed by atoms with van der Waals surface area (Å²) in [6.45, 7) is 0. The van der Waals surface area contributed by atoms with Crippen molar-refractivity contribution in [2.75, 3.05) is 0 Å². The molecule has 0 aliphatic heterocycles. The molecule has 0 aliphatic carbocycles. The van der Waals surface area contributed by atoms with Gasteiger partial charge in [-0.15, -0.1) is 0 Å². The van der Waals surface area contributed by atoms with Crippen LogP contribution in [-0.4, -0.2) is 9.78 Å². The zero-order chi connectivity index (χ0) is 10.6. The number of nitrogens with zero attached hydrogens (tertiary/aromatic N) is 5. The minimum absolute atomic E-state index is 0.0584. The molecule has 0 amide bonds. The molecule has 0 N–H and O–H groups in total. The van der Waals surface area contributed by atoms with Gasteiger partial charge in [0.1, 0.15) is 23.8 Å². The summed E-state index contributed by atoms with van der Waals surface area (Å²) >= 11 is 0. The highest BCUT2D eigenvalue weighted by Crippen LogP contribution is 2.16. The highest BCUT2D eigenvalue weighted by molar-refractivity contribution is 5.83. The second kappa shape index (κ2) is 3.89. The summed E-state index contributed by atoms with van der Waals surface area (Å²) in [5.41, 5.74) is 0.344. The molecule has 0 aromatic carbocycles. The molecule has 1 heterocycles. The third-order valence-electron chi connectivity index (χ3n) is 1.58. The fourth-order valence-corrected chi connectivity index (χ4v) is 0.952. The molecule has 0 atom stereocenters. The van der Waals surface area contributed by atoms with Gasteiger partial charge in [0.25, 0.3) is 0 Å². The molecular weight excluding hydrogens is 178 g/mol. The van der Waals surface area contributed by atoms with Crippen LogP contribution in [0.25, 0.3) is 5.57 Å². The first-order valence-electron chi connectivity index (χ1n) is 3.66. The van der Waals surface area contributed by atoms with Crippen molar-refractivity contribution in [3.63, 3.8) is 0 Å². The normalized spacial score (nSPS) is 8.14. The average Bonchev–Trinajstić information content (AvgIpc) is 2.60. The quantitative estimate of drug-likeness (QED) is 0.600. The summed E-state index contributed by atoms with van der Waals surface area (Å²) in [5, 5.41) is 29.8. The van der Waals surface area contributed by atoms with E-state index in [-0.39, 0.29) is 11.1 Å². The van der Waals surface area contributed by atoms with E-state index in [0.717, 1.165) is 0 Å². The number of aromatic nitrogens is 2. The lowest BCUT2D eigenvalue weighted by molar-refractivity contribution is 0.767. The van der Waals surface area contributed by atoms with Crippen molar-refractivity contribution in [3.05, 3.63) is 23.5 Å². The zero-order valence-corrected chi connectivity index (χ0v) is 7.39. The maximum Gasteiger partial charge on any atom is 0.148 e. The second-order valence-electron chi connectivity index (χ2n) is 2.49. The minimum Gasteiger partial charge on any atom is -0.275 e. The SMILES string of the molecule is Cn1cc(C(C#N)=C(C#N)C#N)cn1. The molecule has 14 heavy (non-hydrogen) atoms. The molecule has 0 bridgehead atoms. The summed E-state index contributed by atoms with van der Waals surface area (Å²) in [5.74, 6) is 0. The molecule has 0 radical (unpaired) electrons. The average molecular weight is 183 g/mol. The highest BCUT2D eigenvalue weighted by Gasteiger charge is 2.09. The van der Waals surface area contributed by atoms with Crippen LogP contribution < -0.4 is 0 Å². The fraction of sp³-hybridized carbons (Fsp3) is 0.111. The lowest BCUT2D eigenvalue weighted by Gasteiger charge is -1.90. The largest absolute Gasteiger partial charge is 0.275 e. The fourth-order valence-electron chi connectivity index (χ4n) is 0.952. The summed E-state index contributed by atoms with van der Waals surface area (Å²) in [6.07, 6.45) is 3.01. The standard InChI is InChI=1S/C9H5N5/c1-14-6-8(5-13-14)9(4-12)7(2-10)3-11/h5-6H,1H3. The van der Waals surface area contributed by atoms with Gasteiger partial charge in [-0.05, 0) is 0 Å². The van der Waals surface area contributed by atoms with Gasteiger partial charge in [-0.25, -0.2) is 0 Å². The predicted octanol–water partition coefficient (Wildman–Crippen LogP) is 0.744. The van der Waals surface area contributed by atoms with Gasteiger partial charge in [0.05, 0.1) is 11.8 Å². The van der Waals surface area contributed by atoms with E-state index >= 15 is 0 Å². The van der Waals surface area contributed by atoms with Gasteiger partial charge in [-0.3, -0.25) is 4.68 Å². The Bertz CT molecular complexity index is 485. The summed E-state index contributed by atoms with van der Waals surface area (Å²) in [4.78, 5) is 0. The van der Waals surface area contributed by atoms with Crippen LogP contribution in [-0.2, 0) is 7.05 Å². The maximum atomic E-state index is 8.77. The molecule has 0 spiro atoms. The zero-order valence-electron chi connectivity index (χ0n) is 7.39.